The molecule has 0 heterocycles. The van der Waals surface area contributed by atoms with Gasteiger partial charge in [0.25, 0.3) is 0 Å². The highest BCUT2D eigenvalue weighted by Crippen LogP contribution is 2.25. The number of aliphatic hydroxyl groups is 1. The van der Waals surface area contributed by atoms with Crippen molar-refractivity contribution in [3.8, 4) is 5.75 Å². The fraction of sp³-hybridized carbons (Fsp3) is 0.368. The summed E-state index contributed by atoms with van der Waals surface area (Å²) in [5.41, 5.74) is 1.97. The monoisotopic (exact) mass is 382 g/mol. The van der Waals surface area contributed by atoms with Crippen LogP contribution in [0.3, 0.4) is 0 Å². The van der Waals surface area contributed by atoms with Crippen LogP contribution in [0.25, 0.3) is 0 Å². The van der Waals surface area contributed by atoms with E-state index in [1.165, 1.54) is 0 Å². The van der Waals surface area contributed by atoms with Gasteiger partial charge in [-0.3, -0.25) is 0 Å². The van der Waals surface area contributed by atoms with Crippen molar-refractivity contribution in [1.29, 1.82) is 0 Å². The van der Waals surface area contributed by atoms with Crippen LogP contribution < -0.4 is 15.4 Å². The van der Waals surface area contributed by atoms with Crippen molar-refractivity contribution in [2.75, 3.05) is 26.2 Å². The maximum absolute atomic E-state index is 8.71. The second-order valence-electron chi connectivity index (χ2n) is 5.64. The molecular weight excluding hydrogens is 359 g/mol. The molecule has 0 saturated carbocycles. The molecule has 0 aliphatic carbocycles. The van der Waals surface area contributed by atoms with E-state index < -0.39 is 0 Å². The number of rotatable bonds is 11. The van der Waals surface area contributed by atoms with E-state index in [1.54, 1.807) is 0 Å². The Kier molecular flexibility index (Phi) is 9.08. The molecule has 0 aliphatic rings. The van der Waals surface area contributed by atoms with Gasteiger partial charge in [-0.15, -0.1) is 0 Å². The maximum atomic E-state index is 8.71. The Hall–Kier alpha value is -1.30. The average molecular weight is 383 g/mol. The molecule has 0 radical (unpaired) electrons. The van der Waals surface area contributed by atoms with Crippen molar-refractivity contribution in [3.05, 3.63) is 63.6 Å². The van der Waals surface area contributed by atoms with Gasteiger partial charge in [-0.25, -0.2) is 0 Å². The summed E-state index contributed by atoms with van der Waals surface area (Å²) in [5.74, 6) is 0.801. The molecular formula is C19H24Cl2N2O2. The molecule has 4 nitrogen and oxygen atoms in total. The van der Waals surface area contributed by atoms with E-state index >= 15 is 0 Å². The lowest BCUT2D eigenvalue weighted by Gasteiger charge is -2.13. The number of aliphatic hydroxyl groups excluding tert-OH is 1. The lowest BCUT2D eigenvalue weighted by atomic mass is 10.2. The maximum Gasteiger partial charge on any atom is 0.124 e. The molecule has 6 heteroatoms. The minimum absolute atomic E-state index is 0.169. The molecule has 0 spiro atoms. The molecule has 0 aliphatic heterocycles. The van der Waals surface area contributed by atoms with Crippen LogP contribution in [0.15, 0.2) is 42.5 Å². The molecule has 0 aromatic heterocycles. The first-order valence-corrected chi connectivity index (χ1v) is 9.13. The van der Waals surface area contributed by atoms with E-state index in [9.17, 15) is 0 Å². The lowest BCUT2D eigenvalue weighted by Crippen LogP contribution is -2.24. The molecule has 0 atom stereocenters. The van der Waals surface area contributed by atoms with Crippen molar-refractivity contribution in [1.82, 2.24) is 10.6 Å². The molecule has 2 aromatic rings. The number of halogens is 2. The highest BCUT2D eigenvalue weighted by molar-refractivity contribution is 6.31. The number of hydrogen-bond donors (Lipinski definition) is 3. The van der Waals surface area contributed by atoms with Gasteiger partial charge < -0.3 is 20.5 Å². The Labute approximate surface area is 159 Å². The first-order valence-electron chi connectivity index (χ1n) is 8.37. The topological polar surface area (TPSA) is 53.5 Å². The van der Waals surface area contributed by atoms with Crippen LogP contribution in [0, 0.1) is 0 Å². The highest BCUT2D eigenvalue weighted by atomic mass is 35.5. The third-order valence-corrected chi connectivity index (χ3v) is 4.28. The summed E-state index contributed by atoms with van der Waals surface area (Å²) >= 11 is 12.3. The summed E-state index contributed by atoms with van der Waals surface area (Å²) in [7, 11) is 0. The van der Waals surface area contributed by atoms with Crippen LogP contribution in [-0.4, -0.2) is 31.3 Å². The van der Waals surface area contributed by atoms with Gasteiger partial charge in [-0.05, 0) is 43.8 Å². The average Bonchev–Trinajstić information content (AvgIpc) is 2.61. The number of nitrogens with one attached hydrogen (secondary N) is 2. The van der Waals surface area contributed by atoms with Gasteiger partial charge in [-0.1, -0.05) is 41.4 Å². The SMILES string of the molecule is OCCNCCCNCc1cc(Cl)ccc1OCc1ccccc1Cl. The minimum atomic E-state index is 0.169. The van der Waals surface area contributed by atoms with Crippen molar-refractivity contribution >= 4 is 23.2 Å². The summed E-state index contributed by atoms with van der Waals surface area (Å²) < 4.78 is 5.95. The van der Waals surface area contributed by atoms with Gasteiger partial charge in [0.05, 0.1) is 6.61 Å². The van der Waals surface area contributed by atoms with Crippen LogP contribution in [0.5, 0.6) is 5.75 Å². The summed E-state index contributed by atoms with van der Waals surface area (Å²) in [6.45, 7) is 3.64. The van der Waals surface area contributed by atoms with E-state index in [2.05, 4.69) is 10.6 Å². The summed E-state index contributed by atoms with van der Waals surface area (Å²) in [5, 5.41) is 16.6. The smallest absolute Gasteiger partial charge is 0.124 e. The molecule has 3 N–H and O–H groups in total. The van der Waals surface area contributed by atoms with E-state index in [0.29, 0.717) is 29.7 Å². The van der Waals surface area contributed by atoms with Crippen molar-refractivity contribution < 1.29 is 9.84 Å². The van der Waals surface area contributed by atoms with Gasteiger partial charge in [-0.2, -0.15) is 0 Å². The van der Waals surface area contributed by atoms with Gasteiger partial charge in [0.1, 0.15) is 12.4 Å². The normalized spacial score (nSPS) is 10.8. The summed E-state index contributed by atoms with van der Waals surface area (Å²) in [6.07, 6.45) is 0.983. The molecule has 0 saturated heterocycles. The Morgan fingerprint density at radius 2 is 1.72 bits per heavy atom. The fourth-order valence-electron chi connectivity index (χ4n) is 2.36. The minimum Gasteiger partial charge on any atom is -0.489 e. The molecule has 136 valence electrons. The molecule has 0 amide bonds. The van der Waals surface area contributed by atoms with E-state index in [-0.39, 0.29) is 6.61 Å². The van der Waals surface area contributed by atoms with Crippen LogP contribution >= 0.6 is 23.2 Å². The molecule has 0 fully saturated rings. The fourth-order valence-corrected chi connectivity index (χ4v) is 2.75. The molecule has 2 rings (SSSR count). The van der Waals surface area contributed by atoms with Crippen LogP contribution in [-0.2, 0) is 13.2 Å². The first-order chi connectivity index (χ1) is 12.2. The second kappa shape index (κ2) is 11.3. The Morgan fingerprint density at radius 3 is 2.52 bits per heavy atom. The second-order valence-corrected chi connectivity index (χ2v) is 6.48. The summed E-state index contributed by atoms with van der Waals surface area (Å²) in [6, 6.07) is 13.3. The predicted octanol–water partition coefficient (Wildman–Crippen LogP) is 3.63. The zero-order valence-electron chi connectivity index (χ0n) is 14.1. The Balaban J connectivity index is 1.85. The molecule has 25 heavy (non-hydrogen) atoms. The quantitative estimate of drug-likeness (QED) is 0.519. The zero-order valence-corrected chi connectivity index (χ0v) is 15.6. The van der Waals surface area contributed by atoms with Crippen molar-refractivity contribution in [2.24, 2.45) is 0 Å². The zero-order chi connectivity index (χ0) is 17.9. The number of ether oxygens (including phenoxy) is 1. The third kappa shape index (κ3) is 7.22. The van der Waals surface area contributed by atoms with E-state index in [4.69, 9.17) is 33.0 Å². The van der Waals surface area contributed by atoms with E-state index in [1.807, 2.05) is 42.5 Å². The van der Waals surface area contributed by atoms with Crippen LogP contribution in [0.4, 0.5) is 0 Å². The van der Waals surface area contributed by atoms with Crippen molar-refractivity contribution in [3.63, 3.8) is 0 Å². The molecule has 0 unspecified atom stereocenters. The standard InChI is InChI=1S/C19H24Cl2N2O2/c20-17-6-7-19(25-14-15-4-1-2-5-18(15)21)16(12-17)13-23-9-3-8-22-10-11-24/h1-2,4-7,12,22-24H,3,8-11,13-14H2. The Bertz CT molecular complexity index is 653. The predicted molar refractivity (Wildman–Crippen MR) is 104 cm³/mol. The van der Waals surface area contributed by atoms with Gasteiger partial charge in [0.2, 0.25) is 0 Å². The first kappa shape index (κ1) is 20.0. The van der Waals surface area contributed by atoms with Gasteiger partial charge >= 0.3 is 0 Å². The van der Waals surface area contributed by atoms with Gasteiger partial charge in [0, 0.05) is 34.3 Å². The highest BCUT2D eigenvalue weighted by Gasteiger charge is 2.07. The molecule has 0 bridgehead atoms. The molecule has 2 aromatic carbocycles. The van der Waals surface area contributed by atoms with Gasteiger partial charge in [0.15, 0.2) is 0 Å². The van der Waals surface area contributed by atoms with E-state index in [0.717, 1.165) is 36.4 Å². The van der Waals surface area contributed by atoms with Crippen LogP contribution in [0.1, 0.15) is 17.5 Å². The number of benzene rings is 2. The van der Waals surface area contributed by atoms with Crippen molar-refractivity contribution in [2.45, 2.75) is 19.6 Å². The summed E-state index contributed by atoms with van der Waals surface area (Å²) in [4.78, 5) is 0. The Morgan fingerprint density at radius 1 is 0.920 bits per heavy atom. The largest absolute Gasteiger partial charge is 0.489 e. The third-order valence-electron chi connectivity index (χ3n) is 3.67. The number of hydrogen-bond acceptors (Lipinski definition) is 4. The lowest BCUT2D eigenvalue weighted by molar-refractivity contribution is 0.292. The van der Waals surface area contributed by atoms with Crippen LogP contribution in [0.2, 0.25) is 10.0 Å².